The van der Waals surface area contributed by atoms with Crippen molar-refractivity contribution in [2.75, 3.05) is 28.6 Å². The van der Waals surface area contributed by atoms with Crippen molar-refractivity contribution >= 4 is 51.2 Å². The van der Waals surface area contributed by atoms with Crippen molar-refractivity contribution in [2.45, 2.75) is 61.3 Å². The van der Waals surface area contributed by atoms with Crippen LogP contribution in [0.1, 0.15) is 0 Å². The Labute approximate surface area is 326 Å². The highest BCUT2D eigenvalue weighted by molar-refractivity contribution is 5.68. The number of nitro groups is 6. The first-order chi connectivity index (χ1) is 27.7. The van der Waals surface area contributed by atoms with Gasteiger partial charge in [0.15, 0.2) is 12.6 Å². The molecular formula is C30H31N9O20. The highest BCUT2D eigenvalue weighted by Gasteiger charge is 2.48. The topological polar surface area (TPSA) is 426 Å². The van der Waals surface area contributed by atoms with E-state index in [0.29, 0.717) is 18.2 Å². The molecule has 2 heterocycles. The zero-order valence-corrected chi connectivity index (χ0v) is 29.4. The van der Waals surface area contributed by atoms with E-state index in [1.165, 1.54) is 0 Å². The molecule has 0 bridgehead atoms. The van der Waals surface area contributed by atoms with Crippen molar-refractivity contribution in [2.24, 2.45) is 0 Å². The summed E-state index contributed by atoms with van der Waals surface area (Å²) in [6.07, 6.45) is -16.1. The molecule has 2 saturated heterocycles. The number of hydrogen-bond acceptors (Lipinski definition) is 23. The number of nitrogens with zero attached hydrogens (tertiary/aromatic N) is 7. The lowest BCUT2D eigenvalue weighted by atomic mass is 9.93. The average Bonchev–Trinajstić information content (AvgIpc) is 3.18. The summed E-state index contributed by atoms with van der Waals surface area (Å²) in [5, 5.41) is 140. The molecule has 2 aliphatic heterocycles. The van der Waals surface area contributed by atoms with Gasteiger partial charge in [-0.3, -0.25) is 60.7 Å². The molecule has 0 aliphatic carbocycles. The standard InChI is InChI=1S/C30H31N9O20/c40-25-21(58-29(44)27(42)23(25)31-15-4-1-12(34(46)47)7-18(15)37(52)53)10-33(17-6-3-14(36(50)51)9-20(17)39(56)57)11-22-26(41)24(28(43)30(45)59-22)32-16-5-2-13(35(48)49)8-19(16)38(54)55/h1-9,21-32,40-45H,10-11H2/t21-,22-,23+,24+,25-,26-,27-,28-,29+,30+/m1/s1. The van der Waals surface area contributed by atoms with Gasteiger partial charge in [-0.25, -0.2) is 0 Å². The summed E-state index contributed by atoms with van der Waals surface area (Å²) in [6, 6.07) is 3.34. The fourth-order valence-corrected chi connectivity index (χ4v) is 6.46. The number of rotatable bonds is 15. The number of ether oxygens (including phenoxy) is 2. The number of benzene rings is 3. The molecule has 0 saturated carbocycles. The molecule has 0 unspecified atom stereocenters. The molecular weight excluding hydrogens is 806 g/mol. The number of aliphatic hydroxyl groups is 6. The van der Waals surface area contributed by atoms with Crippen molar-refractivity contribution in [3.05, 3.63) is 115 Å². The minimum atomic E-state index is -2.20. The molecule has 8 N–H and O–H groups in total. The van der Waals surface area contributed by atoms with Crippen LogP contribution in [-0.4, -0.2) is 135 Å². The van der Waals surface area contributed by atoms with Crippen LogP contribution in [-0.2, 0) is 9.47 Å². The lowest BCUT2D eigenvalue weighted by Crippen LogP contribution is -2.64. The quantitative estimate of drug-likeness (QED) is 0.0724. The van der Waals surface area contributed by atoms with Crippen molar-refractivity contribution < 1.29 is 69.7 Å². The smallest absolute Gasteiger partial charge is 0.299 e. The Bertz CT molecular complexity index is 2050. The van der Waals surface area contributed by atoms with Crippen LogP contribution in [0.2, 0.25) is 0 Å². The Morgan fingerprint density at radius 1 is 0.492 bits per heavy atom. The number of anilines is 3. The molecule has 2 fully saturated rings. The van der Waals surface area contributed by atoms with Gasteiger partial charge in [0.25, 0.3) is 34.1 Å². The van der Waals surface area contributed by atoms with Gasteiger partial charge in [-0.1, -0.05) is 0 Å². The third kappa shape index (κ3) is 9.16. The third-order valence-corrected chi connectivity index (χ3v) is 9.38. The highest BCUT2D eigenvalue weighted by Crippen LogP contribution is 2.37. The van der Waals surface area contributed by atoms with Gasteiger partial charge in [-0.15, -0.1) is 0 Å². The summed E-state index contributed by atoms with van der Waals surface area (Å²) in [6.45, 7) is -1.64. The Hall–Kier alpha value is -6.86. The van der Waals surface area contributed by atoms with Crippen molar-refractivity contribution in [3.63, 3.8) is 0 Å². The van der Waals surface area contributed by atoms with E-state index in [9.17, 15) is 91.3 Å². The van der Waals surface area contributed by atoms with Crippen LogP contribution < -0.4 is 15.5 Å². The Morgan fingerprint density at radius 3 is 1.17 bits per heavy atom. The van der Waals surface area contributed by atoms with E-state index >= 15 is 0 Å². The van der Waals surface area contributed by atoms with Gasteiger partial charge in [0.1, 0.15) is 53.7 Å². The second-order valence-electron chi connectivity index (χ2n) is 13.0. The average molecular weight is 838 g/mol. The van der Waals surface area contributed by atoms with E-state index in [1.54, 1.807) is 0 Å². The van der Waals surface area contributed by atoms with Gasteiger partial charge in [0.2, 0.25) is 0 Å². The number of aliphatic hydroxyl groups excluding tert-OH is 6. The largest absolute Gasteiger partial charge is 0.388 e. The Balaban J connectivity index is 1.52. The molecule has 0 spiro atoms. The summed E-state index contributed by atoms with van der Waals surface area (Å²) in [5.74, 6) is 0. The van der Waals surface area contributed by atoms with E-state index < -0.39 is 155 Å². The first-order valence-corrected chi connectivity index (χ1v) is 16.7. The van der Waals surface area contributed by atoms with Gasteiger partial charge in [-0.05, 0) is 18.2 Å². The molecule has 29 nitrogen and oxygen atoms in total. The highest BCUT2D eigenvalue weighted by atomic mass is 16.7. The summed E-state index contributed by atoms with van der Waals surface area (Å²) in [4.78, 5) is 64.8. The molecule has 0 amide bonds. The lowest BCUT2D eigenvalue weighted by molar-refractivity contribution is -0.394. The van der Waals surface area contributed by atoms with E-state index in [4.69, 9.17) is 9.47 Å². The zero-order valence-electron chi connectivity index (χ0n) is 29.4. The summed E-state index contributed by atoms with van der Waals surface area (Å²) in [5.41, 5.74) is -6.32. The third-order valence-electron chi connectivity index (χ3n) is 9.38. The first-order valence-electron chi connectivity index (χ1n) is 16.7. The summed E-state index contributed by atoms with van der Waals surface area (Å²) in [7, 11) is 0. The number of nitrogens with one attached hydrogen (secondary N) is 2. The number of non-ortho nitro benzene ring substituents is 3. The van der Waals surface area contributed by atoms with Gasteiger partial charge >= 0.3 is 0 Å². The van der Waals surface area contributed by atoms with Crippen LogP contribution in [0.15, 0.2) is 54.6 Å². The first kappa shape index (κ1) is 43.3. The maximum absolute atomic E-state index is 12.3. The molecule has 5 rings (SSSR count). The molecule has 0 aromatic heterocycles. The Morgan fingerprint density at radius 2 is 0.831 bits per heavy atom. The van der Waals surface area contributed by atoms with Crippen LogP contribution in [0.5, 0.6) is 0 Å². The second kappa shape index (κ2) is 17.3. The summed E-state index contributed by atoms with van der Waals surface area (Å²) >= 11 is 0. The van der Waals surface area contributed by atoms with Gasteiger partial charge in [0, 0.05) is 31.3 Å². The van der Waals surface area contributed by atoms with E-state index in [-0.39, 0.29) is 0 Å². The molecule has 3 aromatic carbocycles. The predicted molar refractivity (Wildman–Crippen MR) is 192 cm³/mol. The molecule has 3 aromatic rings. The minimum Gasteiger partial charge on any atom is -0.388 e. The van der Waals surface area contributed by atoms with Crippen LogP contribution in [0.3, 0.4) is 0 Å². The number of hydrogen-bond donors (Lipinski definition) is 8. The van der Waals surface area contributed by atoms with Gasteiger partial charge in [-0.2, -0.15) is 0 Å². The second-order valence-corrected chi connectivity index (χ2v) is 13.0. The van der Waals surface area contributed by atoms with E-state index in [2.05, 4.69) is 10.6 Å². The molecule has 316 valence electrons. The number of nitro benzene ring substituents is 6. The van der Waals surface area contributed by atoms with Crippen LogP contribution in [0.25, 0.3) is 0 Å². The van der Waals surface area contributed by atoms with Crippen LogP contribution in [0.4, 0.5) is 51.2 Å². The van der Waals surface area contributed by atoms with Crippen LogP contribution >= 0.6 is 0 Å². The van der Waals surface area contributed by atoms with Crippen molar-refractivity contribution in [1.82, 2.24) is 0 Å². The Kier molecular flexibility index (Phi) is 12.7. The van der Waals surface area contributed by atoms with Crippen LogP contribution in [0, 0.1) is 60.7 Å². The van der Waals surface area contributed by atoms with Gasteiger partial charge < -0.3 is 55.6 Å². The molecule has 0 radical (unpaired) electrons. The summed E-state index contributed by atoms with van der Waals surface area (Å²) < 4.78 is 10.8. The van der Waals surface area contributed by atoms with E-state index in [0.717, 1.165) is 41.3 Å². The molecule has 29 heteroatoms. The normalized spacial score (nSPS) is 26.6. The molecule has 59 heavy (non-hydrogen) atoms. The lowest BCUT2D eigenvalue weighted by Gasteiger charge is -2.45. The molecule has 10 atom stereocenters. The van der Waals surface area contributed by atoms with E-state index in [1.807, 2.05) is 0 Å². The van der Waals surface area contributed by atoms with Crippen molar-refractivity contribution in [3.8, 4) is 0 Å². The maximum atomic E-state index is 12.3. The van der Waals surface area contributed by atoms with Gasteiger partial charge in [0.05, 0.1) is 59.8 Å². The SMILES string of the molecule is O=[N+]([O-])c1ccc(N[C@@H]2[C@@H](O)[C@@H](O)O[C@H](CN(C[C@H]3O[C@H](O)[C@H](O)[C@@H](Nc4ccc([N+](=O)[O-])cc4[N+](=O)[O-])[C@@H]3O)c3ccc([N+](=O)[O-])cc3[N+](=O)[O-])[C@H]2O)c([N+](=O)[O-])c1. The maximum Gasteiger partial charge on any atom is 0.299 e. The fourth-order valence-electron chi connectivity index (χ4n) is 6.46. The fraction of sp³-hybridized carbons (Fsp3) is 0.400. The minimum absolute atomic E-state index is 0.475. The monoisotopic (exact) mass is 837 g/mol. The molecule has 2 aliphatic rings. The van der Waals surface area contributed by atoms with Crippen molar-refractivity contribution in [1.29, 1.82) is 0 Å². The predicted octanol–water partition coefficient (Wildman–Crippen LogP) is -0.218. The zero-order chi connectivity index (χ0) is 43.6.